The van der Waals surface area contributed by atoms with Crippen molar-refractivity contribution in [3.05, 3.63) is 58.6 Å². The first-order valence-corrected chi connectivity index (χ1v) is 9.70. The molecule has 1 saturated heterocycles. The summed E-state index contributed by atoms with van der Waals surface area (Å²) >= 11 is 6.48. The Balaban J connectivity index is 1.76. The van der Waals surface area contributed by atoms with Gasteiger partial charge in [0.1, 0.15) is 5.82 Å². The third-order valence-electron chi connectivity index (χ3n) is 5.06. The van der Waals surface area contributed by atoms with E-state index < -0.39 is 11.7 Å². The Morgan fingerprint density at radius 3 is 2.48 bits per heavy atom. The highest BCUT2D eigenvalue weighted by molar-refractivity contribution is 6.33. The van der Waals surface area contributed by atoms with Crippen molar-refractivity contribution < 1.29 is 13.2 Å². The number of aromatic nitrogens is 1. The van der Waals surface area contributed by atoms with Crippen LogP contribution in [0.3, 0.4) is 0 Å². The van der Waals surface area contributed by atoms with Crippen LogP contribution in [-0.2, 0) is 12.7 Å². The SMILES string of the molecule is NCc1cc(-c2ccc3nc(N4CCNCC4)c(Cl)cc3c2)cc(C(F)(F)F)c1. The molecule has 2 aromatic carbocycles. The lowest BCUT2D eigenvalue weighted by atomic mass is 9.98. The van der Waals surface area contributed by atoms with Crippen LogP contribution < -0.4 is 16.0 Å². The van der Waals surface area contributed by atoms with E-state index >= 15 is 0 Å². The zero-order valence-corrected chi connectivity index (χ0v) is 16.3. The van der Waals surface area contributed by atoms with E-state index in [0.29, 0.717) is 21.7 Å². The van der Waals surface area contributed by atoms with E-state index in [4.69, 9.17) is 17.3 Å². The molecule has 0 atom stereocenters. The normalized spacial score (nSPS) is 15.1. The average molecular weight is 421 g/mol. The Morgan fingerprint density at radius 1 is 1.03 bits per heavy atom. The lowest BCUT2D eigenvalue weighted by Gasteiger charge is -2.29. The summed E-state index contributed by atoms with van der Waals surface area (Å²) in [7, 11) is 0. The molecule has 3 aromatic rings. The van der Waals surface area contributed by atoms with Gasteiger partial charge < -0.3 is 16.0 Å². The minimum Gasteiger partial charge on any atom is -0.353 e. The molecule has 4 rings (SSSR count). The van der Waals surface area contributed by atoms with Gasteiger partial charge in [0.05, 0.1) is 16.1 Å². The molecule has 2 heterocycles. The third-order valence-corrected chi connectivity index (χ3v) is 5.33. The molecule has 0 radical (unpaired) electrons. The quantitative estimate of drug-likeness (QED) is 0.657. The molecular weight excluding hydrogens is 401 g/mol. The number of nitrogens with zero attached hydrogens (tertiary/aromatic N) is 2. The molecule has 1 aromatic heterocycles. The van der Waals surface area contributed by atoms with E-state index in [1.807, 2.05) is 18.2 Å². The Kier molecular flexibility index (Phi) is 5.38. The minimum atomic E-state index is -4.43. The minimum absolute atomic E-state index is 0.0337. The second-order valence-corrected chi connectivity index (χ2v) is 7.47. The molecule has 1 aliphatic heterocycles. The topological polar surface area (TPSA) is 54.2 Å². The molecule has 0 saturated carbocycles. The zero-order valence-electron chi connectivity index (χ0n) is 15.6. The first kappa shape index (κ1) is 19.9. The Labute approximate surface area is 171 Å². The maximum atomic E-state index is 13.2. The Morgan fingerprint density at radius 2 is 1.79 bits per heavy atom. The van der Waals surface area contributed by atoms with Gasteiger partial charge in [-0.1, -0.05) is 17.7 Å². The van der Waals surface area contributed by atoms with Crippen LogP contribution in [0.25, 0.3) is 22.0 Å². The lowest BCUT2D eigenvalue weighted by Crippen LogP contribution is -2.44. The van der Waals surface area contributed by atoms with Crippen molar-refractivity contribution in [3.63, 3.8) is 0 Å². The van der Waals surface area contributed by atoms with Gasteiger partial charge in [-0.25, -0.2) is 4.98 Å². The summed E-state index contributed by atoms with van der Waals surface area (Å²) in [5.41, 5.74) is 7.19. The van der Waals surface area contributed by atoms with Crippen LogP contribution in [-0.4, -0.2) is 31.2 Å². The number of nitrogens with two attached hydrogens (primary N) is 1. The fraction of sp³-hybridized carbons (Fsp3) is 0.286. The molecule has 0 amide bonds. The highest BCUT2D eigenvalue weighted by Crippen LogP contribution is 2.35. The van der Waals surface area contributed by atoms with Gasteiger partial charge >= 0.3 is 6.18 Å². The van der Waals surface area contributed by atoms with Crippen molar-refractivity contribution in [2.24, 2.45) is 5.73 Å². The van der Waals surface area contributed by atoms with Crippen LogP contribution in [0.5, 0.6) is 0 Å². The number of benzene rings is 2. The largest absolute Gasteiger partial charge is 0.416 e. The Bertz CT molecular complexity index is 1050. The predicted octanol–water partition coefficient (Wildman–Crippen LogP) is 4.44. The van der Waals surface area contributed by atoms with Crippen LogP contribution in [0.2, 0.25) is 5.02 Å². The number of hydrogen-bond acceptors (Lipinski definition) is 4. The second-order valence-electron chi connectivity index (χ2n) is 7.06. The van der Waals surface area contributed by atoms with Gasteiger partial charge in [-0.2, -0.15) is 13.2 Å². The van der Waals surface area contributed by atoms with Crippen molar-refractivity contribution in [1.29, 1.82) is 0 Å². The molecule has 4 nitrogen and oxygen atoms in total. The maximum Gasteiger partial charge on any atom is 0.416 e. The number of hydrogen-bond donors (Lipinski definition) is 2. The van der Waals surface area contributed by atoms with Gasteiger partial charge in [-0.15, -0.1) is 0 Å². The molecular formula is C21H20ClF3N4. The van der Waals surface area contributed by atoms with Crippen molar-refractivity contribution in [1.82, 2.24) is 10.3 Å². The van der Waals surface area contributed by atoms with Crippen molar-refractivity contribution >= 4 is 28.3 Å². The summed E-state index contributed by atoms with van der Waals surface area (Å²) in [5, 5.41) is 4.60. The summed E-state index contributed by atoms with van der Waals surface area (Å²) < 4.78 is 39.7. The smallest absolute Gasteiger partial charge is 0.353 e. The number of piperazine rings is 1. The molecule has 1 aliphatic rings. The van der Waals surface area contributed by atoms with E-state index in [9.17, 15) is 13.2 Å². The van der Waals surface area contributed by atoms with E-state index in [1.165, 1.54) is 0 Å². The molecule has 3 N–H and O–H groups in total. The maximum absolute atomic E-state index is 13.2. The number of pyridine rings is 1. The number of anilines is 1. The van der Waals surface area contributed by atoms with Gasteiger partial charge in [0.25, 0.3) is 0 Å². The van der Waals surface area contributed by atoms with Gasteiger partial charge in [-0.05, 0) is 53.1 Å². The summed E-state index contributed by atoms with van der Waals surface area (Å²) in [6, 6.07) is 11.1. The standard InChI is InChI=1S/C21H20ClF3N4/c22-18-11-16-9-14(15-7-13(12-26)8-17(10-15)21(23,24)25)1-2-19(16)28-20(18)29-5-3-27-4-6-29/h1-2,7-11,27H,3-6,12,26H2. The summed E-state index contributed by atoms with van der Waals surface area (Å²) in [6.45, 7) is 3.42. The molecule has 152 valence electrons. The van der Waals surface area contributed by atoms with E-state index in [-0.39, 0.29) is 6.54 Å². The highest BCUT2D eigenvalue weighted by Gasteiger charge is 2.31. The summed E-state index contributed by atoms with van der Waals surface area (Å²) in [4.78, 5) is 6.82. The summed E-state index contributed by atoms with van der Waals surface area (Å²) in [6.07, 6.45) is -4.43. The number of rotatable bonds is 3. The third kappa shape index (κ3) is 4.17. The number of halogens is 4. The molecule has 0 aliphatic carbocycles. The van der Waals surface area contributed by atoms with Gasteiger partial charge in [-0.3, -0.25) is 0 Å². The van der Waals surface area contributed by atoms with Crippen molar-refractivity contribution in [3.8, 4) is 11.1 Å². The monoisotopic (exact) mass is 420 g/mol. The molecule has 0 bridgehead atoms. The highest BCUT2D eigenvalue weighted by atomic mass is 35.5. The number of nitrogens with one attached hydrogen (secondary N) is 1. The second kappa shape index (κ2) is 7.82. The fourth-order valence-electron chi connectivity index (χ4n) is 3.56. The molecule has 1 fully saturated rings. The van der Waals surface area contributed by atoms with E-state index in [2.05, 4.69) is 15.2 Å². The van der Waals surface area contributed by atoms with Crippen LogP contribution in [0.15, 0.2) is 42.5 Å². The first-order valence-electron chi connectivity index (χ1n) is 9.33. The van der Waals surface area contributed by atoms with E-state index in [0.717, 1.165) is 55.0 Å². The number of fused-ring (bicyclic) bond motifs is 1. The number of alkyl halides is 3. The fourth-order valence-corrected chi connectivity index (χ4v) is 3.84. The van der Waals surface area contributed by atoms with Crippen LogP contribution in [0, 0.1) is 0 Å². The zero-order chi connectivity index (χ0) is 20.6. The van der Waals surface area contributed by atoms with Gasteiger partial charge in [0, 0.05) is 38.1 Å². The van der Waals surface area contributed by atoms with Gasteiger partial charge in [0.2, 0.25) is 0 Å². The molecule has 0 spiro atoms. The Hall–Kier alpha value is -2.35. The van der Waals surface area contributed by atoms with Crippen LogP contribution >= 0.6 is 11.6 Å². The molecule has 8 heteroatoms. The summed E-state index contributed by atoms with van der Waals surface area (Å²) in [5.74, 6) is 0.734. The first-order chi connectivity index (χ1) is 13.8. The van der Waals surface area contributed by atoms with Gasteiger partial charge in [0.15, 0.2) is 0 Å². The van der Waals surface area contributed by atoms with Crippen LogP contribution in [0.1, 0.15) is 11.1 Å². The predicted molar refractivity (Wildman–Crippen MR) is 110 cm³/mol. The molecule has 0 unspecified atom stereocenters. The van der Waals surface area contributed by atoms with Crippen molar-refractivity contribution in [2.75, 3.05) is 31.1 Å². The molecule has 29 heavy (non-hydrogen) atoms. The van der Waals surface area contributed by atoms with Crippen molar-refractivity contribution in [2.45, 2.75) is 12.7 Å². The average Bonchev–Trinajstić information content (AvgIpc) is 2.72. The lowest BCUT2D eigenvalue weighted by molar-refractivity contribution is -0.137. The van der Waals surface area contributed by atoms with E-state index in [1.54, 1.807) is 12.1 Å². The van der Waals surface area contributed by atoms with Crippen LogP contribution in [0.4, 0.5) is 19.0 Å².